The molecule has 2 aromatic rings. The van der Waals surface area contributed by atoms with Crippen molar-refractivity contribution in [2.45, 2.75) is 0 Å². The highest BCUT2D eigenvalue weighted by Gasteiger charge is 2.16. The Morgan fingerprint density at radius 1 is 1.67 bits per heavy atom. The van der Waals surface area contributed by atoms with Crippen molar-refractivity contribution in [1.82, 2.24) is 4.98 Å². The third-order valence-electron chi connectivity index (χ3n) is 1.92. The lowest BCUT2D eigenvalue weighted by atomic mass is 10.2. The molecule has 0 atom stereocenters. The Morgan fingerprint density at radius 3 is 3.00 bits per heavy atom. The zero-order valence-corrected chi connectivity index (χ0v) is 9.22. The van der Waals surface area contributed by atoms with Gasteiger partial charge >= 0.3 is 5.97 Å². The number of methoxy groups -OCH3 is 1. The summed E-state index contributed by atoms with van der Waals surface area (Å²) in [7, 11) is 1.42. The minimum atomic E-state index is -1.07. The summed E-state index contributed by atoms with van der Waals surface area (Å²) >= 11 is 7.10. The lowest BCUT2D eigenvalue weighted by Crippen LogP contribution is -2.01. The smallest absolute Gasteiger partial charge is 0.341 e. The number of hydrogen-bond donors (Lipinski definition) is 1. The number of ether oxygens (including phenoxy) is 1. The first-order valence-electron chi connectivity index (χ1n) is 3.99. The van der Waals surface area contributed by atoms with Gasteiger partial charge in [0.25, 0.3) is 0 Å². The molecule has 2 aromatic heterocycles. The first-order chi connectivity index (χ1) is 7.13. The first kappa shape index (κ1) is 10.2. The minimum Gasteiger partial charge on any atom is -0.495 e. The van der Waals surface area contributed by atoms with Gasteiger partial charge in [-0.25, -0.2) is 9.78 Å². The largest absolute Gasteiger partial charge is 0.495 e. The molecule has 0 aromatic carbocycles. The number of carbonyl (C=O) groups is 1. The summed E-state index contributed by atoms with van der Waals surface area (Å²) in [6.07, 6.45) is 1.27. The van der Waals surface area contributed by atoms with Crippen molar-refractivity contribution in [2.24, 2.45) is 0 Å². The van der Waals surface area contributed by atoms with E-state index in [2.05, 4.69) is 4.98 Å². The van der Waals surface area contributed by atoms with Crippen LogP contribution in [-0.2, 0) is 0 Å². The SMILES string of the molecule is COc1c(C(=O)O)cnc2sc(Cl)cc12. The lowest BCUT2D eigenvalue weighted by Gasteiger charge is -2.04. The second-order valence-corrected chi connectivity index (χ2v) is 4.44. The monoisotopic (exact) mass is 243 g/mol. The van der Waals surface area contributed by atoms with Crippen LogP contribution in [0.5, 0.6) is 5.75 Å². The zero-order chi connectivity index (χ0) is 11.0. The van der Waals surface area contributed by atoms with Crippen molar-refractivity contribution in [2.75, 3.05) is 7.11 Å². The molecule has 0 spiro atoms. The molecule has 2 heterocycles. The number of carboxylic acid groups (broad SMARTS) is 1. The van der Waals surface area contributed by atoms with E-state index in [-0.39, 0.29) is 5.56 Å². The topological polar surface area (TPSA) is 59.4 Å². The highest BCUT2D eigenvalue weighted by atomic mass is 35.5. The molecule has 0 aliphatic heterocycles. The maximum atomic E-state index is 10.9. The van der Waals surface area contributed by atoms with Crippen LogP contribution in [0, 0.1) is 0 Å². The second kappa shape index (κ2) is 3.67. The summed E-state index contributed by atoms with van der Waals surface area (Å²) in [5, 5.41) is 9.55. The molecule has 4 nitrogen and oxygen atoms in total. The predicted molar refractivity (Wildman–Crippen MR) is 58.1 cm³/mol. The molecule has 0 unspecified atom stereocenters. The van der Waals surface area contributed by atoms with E-state index >= 15 is 0 Å². The van der Waals surface area contributed by atoms with Gasteiger partial charge < -0.3 is 9.84 Å². The Balaban J connectivity index is 2.80. The lowest BCUT2D eigenvalue weighted by molar-refractivity contribution is 0.0693. The molecule has 0 aliphatic carbocycles. The van der Waals surface area contributed by atoms with E-state index in [4.69, 9.17) is 21.4 Å². The molecule has 0 amide bonds. The predicted octanol–water partition coefficient (Wildman–Crippen LogP) is 2.66. The van der Waals surface area contributed by atoms with Crippen LogP contribution in [0.3, 0.4) is 0 Å². The van der Waals surface area contributed by atoms with Gasteiger partial charge in [-0.15, -0.1) is 11.3 Å². The Morgan fingerprint density at radius 2 is 2.40 bits per heavy atom. The van der Waals surface area contributed by atoms with Gasteiger partial charge in [0, 0.05) is 6.20 Å². The fourth-order valence-corrected chi connectivity index (χ4v) is 2.37. The van der Waals surface area contributed by atoms with Crippen LogP contribution < -0.4 is 4.74 Å². The number of fused-ring (bicyclic) bond motifs is 1. The van der Waals surface area contributed by atoms with E-state index in [1.165, 1.54) is 24.6 Å². The van der Waals surface area contributed by atoms with Gasteiger partial charge in [-0.1, -0.05) is 11.6 Å². The van der Waals surface area contributed by atoms with Gasteiger partial charge in [-0.05, 0) is 6.07 Å². The first-order valence-corrected chi connectivity index (χ1v) is 5.18. The van der Waals surface area contributed by atoms with E-state index in [9.17, 15) is 4.79 Å². The summed E-state index contributed by atoms with van der Waals surface area (Å²) in [5.41, 5.74) is 0.0412. The molecule has 0 saturated heterocycles. The van der Waals surface area contributed by atoms with Crippen molar-refractivity contribution < 1.29 is 14.6 Å². The summed E-state index contributed by atoms with van der Waals surface area (Å²) < 4.78 is 5.61. The fourth-order valence-electron chi connectivity index (χ4n) is 1.31. The summed E-state index contributed by atoms with van der Waals surface area (Å²) in [6, 6.07) is 1.65. The van der Waals surface area contributed by atoms with E-state index in [1.54, 1.807) is 6.07 Å². The van der Waals surface area contributed by atoms with Crippen LogP contribution in [-0.4, -0.2) is 23.2 Å². The Hall–Kier alpha value is -1.33. The second-order valence-electron chi connectivity index (χ2n) is 2.78. The molecule has 78 valence electrons. The third-order valence-corrected chi connectivity index (χ3v) is 3.09. The Bertz CT molecular complexity index is 537. The normalized spacial score (nSPS) is 10.5. The average molecular weight is 244 g/mol. The average Bonchev–Trinajstić information content (AvgIpc) is 2.55. The maximum Gasteiger partial charge on any atom is 0.341 e. The molecule has 15 heavy (non-hydrogen) atoms. The molecule has 0 saturated carbocycles. The minimum absolute atomic E-state index is 0.0412. The van der Waals surface area contributed by atoms with E-state index < -0.39 is 5.97 Å². The van der Waals surface area contributed by atoms with Crippen LogP contribution >= 0.6 is 22.9 Å². The Kier molecular flexibility index (Phi) is 2.50. The highest BCUT2D eigenvalue weighted by molar-refractivity contribution is 7.22. The van der Waals surface area contributed by atoms with Gasteiger partial charge in [0.05, 0.1) is 16.8 Å². The van der Waals surface area contributed by atoms with Gasteiger partial charge in [0.15, 0.2) is 0 Å². The van der Waals surface area contributed by atoms with Crippen molar-refractivity contribution >= 4 is 39.1 Å². The van der Waals surface area contributed by atoms with Crippen LogP contribution in [0.25, 0.3) is 10.2 Å². The maximum absolute atomic E-state index is 10.9. The summed E-state index contributed by atoms with van der Waals surface area (Å²) in [6.45, 7) is 0. The van der Waals surface area contributed by atoms with Gasteiger partial charge in [-0.3, -0.25) is 0 Å². The molecule has 0 fully saturated rings. The standard InChI is InChI=1S/C9H6ClNO3S/c1-14-7-4-2-6(10)15-8(4)11-3-5(7)9(12)13/h2-3H,1H3,(H,12,13). The van der Waals surface area contributed by atoms with Crippen LogP contribution in [0.4, 0.5) is 0 Å². The van der Waals surface area contributed by atoms with Crippen molar-refractivity contribution in [3.8, 4) is 5.75 Å². The van der Waals surface area contributed by atoms with E-state index in [0.29, 0.717) is 20.3 Å². The molecule has 1 N–H and O–H groups in total. The molecule has 6 heteroatoms. The number of halogens is 1. The zero-order valence-electron chi connectivity index (χ0n) is 7.65. The number of pyridine rings is 1. The van der Waals surface area contributed by atoms with Crippen molar-refractivity contribution in [3.05, 3.63) is 22.2 Å². The fraction of sp³-hybridized carbons (Fsp3) is 0.111. The summed E-state index contributed by atoms with van der Waals surface area (Å²) in [5.74, 6) is -0.765. The number of hydrogen-bond acceptors (Lipinski definition) is 4. The molecule has 2 rings (SSSR count). The van der Waals surface area contributed by atoms with Crippen LogP contribution in [0.15, 0.2) is 12.3 Å². The quantitative estimate of drug-likeness (QED) is 0.881. The van der Waals surface area contributed by atoms with Gasteiger partial charge in [0.1, 0.15) is 16.1 Å². The van der Waals surface area contributed by atoms with Gasteiger partial charge in [0.2, 0.25) is 0 Å². The molecule has 0 aliphatic rings. The van der Waals surface area contributed by atoms with E-state index in [1.807, 2.05) is 0 Å². The number of rotatable bonds is 2. The molecule has 0 bridgehead atoms. The van der Waals surface area contributed by atoms with Crippen molar-refractivity contribution in [1.29, 1.82) is 0 Å². The number of thiophene rings is 1. The highest BCUT2D eigenvalue weighted by Crippen LogP contribution is 2.35. The van der Waals surface area contributed by atoms with Crippen molar-refractivity contribution in [3.63, 3.8) is 0 Å². The molecular formula is C9H6ClNO3S. The Labute approximate surface area is 94.1 Å². The summed E-state index contributed by atoms with van der Waals surface area (Å²) in [4.78, 5) is 15.6. The number of nitrogens with zero attached hydrogens (tertiary/aromatic N) is 1. The van der Waals surface area contributed by atoms with Crippen LogP contribution in [0.2, 0.25) is 4.34 Å². The van der Waals surface area contributed by atoms with Gasteiger partial charge in [-0.2, -0.15) is 0 Å². The molecular weight excluding hydrogens is 238 g/mol. The van der Waals surface area contributed by atoms with Crippen LogP contribution in [0.1, 0.15) is 10.4 Å². The third kappa shape index (κ3) is 1.64. The van der Waals surface area contributed by atoms with E-state index in [0.717, 1.165) is 0 Å². The number of aromatic nitrogens is 1. The number of carboxylic acids is 1. The number of aromatic carboxylic acids is 1. The molecule has 0 radical (unpaired) electrons.